The Morgan fingerprint density at radius 1 is 0.636 bits per heavy atom. The van der Waals surface area contributed by atoms with Crippen molar-refractivity contribution in [3.8, 4) is 0 Å². The van der Waals surface area contributed by atoms with Gasteiger partial charge in [-0.15, -0.1) is 0 Å². The van der Waals surface area contributed by atoms with E-state index in [9.17, 15) is 9.59 Å². The van der Waals surface area contributed by atoms with E-state index in [0.29, 0.717) is 0 Å². The maximum absolute atomic E-state index is 10.2. The molecule has 0 amide bonds. The standard InChI is InChI=1S/2C10H10O/c2*1-9(8-11)7-10-5-3-2-4-6-10/h2*2-8H,1H3. The largest absolute Gasteiger partial charge is 0.298 e. The number of carbonyl (C=O) groups is 2. The molecule has 112 valence electrons. The molecule has 2 heteroatoms. The van der Waals surface area contributed by atoms with Crippen molar-refractivity contribution in [2.75, 3.05) is 0 Å². The van der Waals surface area contributed by atoms with E-state index in [2.05, 4.69) is 0 Å². The highest BCUT2D eigenvalue weighted by Crippen LogP contribution is 2.04. The number of allylic oxidation sites excluding steroid dienone is 2. The lowest BCUT2D eigenvalue weighted by atomic mass is 10.1. The third-order valence-corrected chi connectivity index (χ3v) is 2.76. The Hall–Kier alpha value is -2.74. The fraction of sp³-hybridized carbons (Fsp3) is 0.100. The molecule has 0 spiro atoms. The van der Waals surface area contributed by atoms with Gasteiger partial charge in [-0.3, -0.25) is 9.59 Å². The highest BCUT2D eigenvalue weighted by Gasteiger charge is 1.86. The Morgan fingerprint density at radius 2 is 0.955 bits per heavy atom. The Bertz CT molecular complexity index is 578. The summed E-state index contributed by atoms with van der Waals surface area (Å²) in [7, 11) is 0. The van der Waals surface area contributed by atoms with Gasteiger partial charge in [0, 0.05) is 0 Å². The van der Waals surface area contributed by atoms with Crippen molar-refractivity contribution in [3.63, 3.8) is 0 Å². The van der Waals surface area contributed by atoms with E-state index in [-0.39, 0.29) is 0 Å². The van der Waals surface area contributed by atoms with E-state index >= 15 is 0 Å². The van der Waals surface area contributed by atoms with Crippen molar-refractivity contribution < 1.29 is 9.59 Å². The van der Waals surface area contributed by atoms with Crippen molar-refractivity contribution in [3.05, 3.63) is 82.9 Å². The van der Waals surface area contributed by atoms with Crippen molar-refractivity contribution in [2.45, 2.75) is 13.8 Å². The third-order valence-electron chi connectivity index (χ3n) is 2.76. The molecule has 0 fully saturated rings. The van der Waals surface area contributed by atoms with Gasteiger partial charge < -0.3 is 0 Å². The lowest BCUT2D eigenvalue weighted by Gasteiger charge is -1.90. The van der Waals surface area contributed by atoms with Crippen LogP contribution in [0.4, 0.5) is 0 Å². The Balaban J connectivity index is 0.000000220. The molecule has 0 atom stereocenters. The van der Waals surface area contributed by atoms with Gasteiger partial charge in [0.15, 0.2) is 0 Å². The molecule has 0 aromatic heterocycles. The normalized spacial score (nSPS) is 11.2. The zero-order chi connectivity index (χ0) is 16.2. The predicted molar refractivity (Wildman–Crippen MR) is 92.3 cm³/mol. The number of hydrogen-bond acceptors (Lipinski definition) is 2. The van der Waals surface area contributed by atoms with Gasteiger partial charge >= 0.3 is 0 Å². The second-order valence-electron chi connectivity index (χ2n) is 4.83. The molecule has 0 N–H and O–H groups in total. The molecule has 2 aromatic carbocycles. The zero-order valence-corrected chi connectivity index (χ0v) is 12.9. The van der Waals surface area contributed by atoms with Gasteiger partial charge in [0.1, 0.15) is 12.6 Å². The first-order valence-corrected chi connectivity index (χ1v) is 7.02. The van der Waals surface area contributed by atoms with Crippen LogP contribution in [0.3, 0.4) is 0 Å². The van der Waals surface area contributed by atoms with E-state index in [1.807, 2.05) is 72.8 Å². The summed E-state index contributed by atoms with van der Waals surface area (Å²) in [6, 6.07) is 19.6. The smallest absolute Gasteiger partial charge is 0.145 e. The highest BCUT2D eigenvalue weighted by atomic mass is 16.1. The van der Waals surface area contributed by atoms with Crippen LogP contribution >= 0.6 is 0 Å². The number of benzene rings is 2. The van der Waals surface area contributed by atoms with Crippen LogP contribution in [0, 0.1) is 0 Å². The SMILES string of the molecule is CC(C=O)=Cc1ccccc1.CC(C=O)=Cc1ccccc1. The summed E-state index contributed by atoms with van der Waals surface area (Å²) < 4.78 is 0. The minimum atomic E-state index is 0.746. The summed E-state index contributed by atoms with van der Waals surface area (Å²) in [4.78, 5) is 20.5. The molecule has 2 nitrogen and oxygen atoms in total. The third kappa shape index (κ3) is 7.15. The van der Waals surface area contributed by atoms with Gasteiger partial charge in [0.05, 0.1) is 0 Å². The van der Waals surface area contributed by atoms with Crippen molar-refractivity contribution >= 4 is 24.7 Å². The summed E-state index contributed by atoms with van der Waals surface area (Å²) >= 11 is 0. The van der Waals surface area contributed by atoms with Gasteiger partial charge in [-0.2, -0.15) is 0 Å². The molecule has 0 bridgehead atoms. The average Bonchev–Trinajstić information content (AvgIpc) is 2.57. The number of rotatable bonds is 4. The van der Waals surface area contributed by atoms with Crippen LogP contribution in [0.25, 0.3) is 12.2 Å². The Morgan fingerprint density at radius 3 is 1.23 bits per heavy atom. The van der Waals surface area contributed by atoms with Crippen LogP contribution in [0.5, 0.6) is 0 Å². The molecule has 0 unspecified atom stereocenters. The van der Waals surface area contributed by atoms with Gasteiger partial charge in [-0.05, 0) is 48.3 Å². The zero-order valence-electron chi connectivity index (χ0n) is 12.9. The van der Waals surface area contributed by atoms with Crippen LogP contribution in [0.15, 0.2) is 71.8 Å². The van der Waals surface area contributed by atoms with Crippen molar-refractivity contribution in [1.29, 1.82) is 0 Å². The van der Waals surface area contributed by atoms with Crippen molar-refractivity contribution in [2.24, 2.45) is 0 Å². The van der Waals surface area contributed by atoms with Crippen molar-refractivity contribution in [1.82, 2.24) is 0 Å². The Labute approximate surface area is 131 Å². The van der Waals surface area contributed by atoms with E-state index in [0.717, 1.165) is 34.8 Å². The van der Waals surface area contributed by atoms with Crippen LogP contribution in [0.2, 0.25) is 0 Å². The molecule has 0 radical (unpaired) electrons. The van der Waals surface area contributed by atoms with Crippen LogP contribution in [0.1, 0.15) is 25.0 Å². The van der Waals surface area contributed by atoms with E-state index < -0.39 is 0 Å². The summed E-state index contributed by atoms with van der Waals surface area (Å²) in [5, 5.41) is 0. The fourth-order valence-corrected chi connectivity index (χ4v) is 1.69. The van der Waals surface area contributed by atoms with Crippen LogP contribution < -0.4 is 0 Å². The summed E-state index contributed by atoms with van der Waals surface area (Å²) in [5.74, 6) is 0. The molecule has 0 saturated heterocycles. The maximum atomic E-state index is 10.2. The number of carbonyl (C=O) groups excluding carboxylic acids is 2. The van der Waals surface area contributed by atoms with Gasteiger partial charge in [0.2, 0.25) is 0 Å². The molecular formula is C20H20O2. The van der Waals surface area contributed by atoms with Crippen LogP contribution in [-0.2, 0) is 9.59 Å². The molecule has 0 heterocycles. The molecule has 0 aliphatic carbocycles. The molecule has 22 heavy (non-hydrogen) atoms. The molecule has 0 saturated carbocycles. The number of hydrogen-bond donors (Lipinski definition) is 0. The van der Waals surface area contributed by atoms with Gasteiger partial charge in [0.25, 0.3) is 0 Å². The average molecular weight is 292 g/mol. The van der Waals surface area contributed by atoms with E-state index in [1.165, 1.54) is 0 Å². The van der Waals surface area contributed by atoms with Gasteiger partial charge in [-0.25, -0.2) is 0 Å². The minimum Gasteiger partial charge on any atom is -0.298 e. The first-order chi connectivity index (χ1) is 10.7. The summed E-state index contributed by atoms with van der Waals surface area (Å²) in [5.41, 5.74) is 3.63. The lowest BCUT2D eigenvalue weighted by Crippen LogP contribution is -1.76. The van der Waals surface area contributed by atoms with E-state index in [4.69, 9.17) is 0 Å². The minimum absolute atomic E-state index is 0.746. The summed E-state index contributed by atoms with van der Waals surface area (Å²) in [6.45, 7) is 3.58. The Kier molecular flexibility index (Phi) is 7.91. The quantitative estimate of drug-likeness (QED) is 0.610. The van der Waals surface area contributed by atoms with E-state index in [1.54, 1.807) is 13.8 Å². The fourth-order valence-electron chi connectivity index (χ4n) is 1.69. The lowest BCUT2D eigenvalue weighted by molar-refractivity contribution is -0.105. The second kappa shape index (κ2) is 10.1. The monoisotopic (exact) mass is 292 g/mol. The molecular weight excluding hydrogens is 272 g/mol. The first kappa shape index (κ1) is 17.3. The summed E-state index contributed by atoms with van der Waals surface area (Å²) in [6.07, 6.45) is 5.42. The topological polar surface area (TPSA) is 34.1 Å². The highest BCUT2D eigenvalue weighted by molar-refractivity contribution is 5.81. The van der Waals surface area contributed by atoms with Crippen LogP contribution in [-0.4, -0.2) is 12.6 Å². The molecule has 2 aromatic rings. The predicted octanol–water partition coefficient (Wildman–Crippen LogP) is 4.58. The first-order valence-electron chi connectivity index (χ1n) is 7.02. The maximum Gasteiger partial charge on any atom is 0.145 e. The second-order valence-corrected chi connectivity index (χ2v) is 4.83. The number of aldehydes is 2. The molecule has 0 aliphatic heterocycles. The molecule has 0 aliphatic rings. The van der Waals surface area contributed by atoms with Gasteiger partial charge in [-0.1, -0.05) is 60.7 Å². The molecule has 2 rings (SSSR count).